The predicted octanol–water partition coefficient (Wildman–Crippen LogP) is 6.34. The second-order valence-electron chi connectivity index (χ2n) is 24.8. The van der Waals surface area contributed by atoms with Crippen LogP contribution < -0.4 is 14.8 Å². The minimum Gasteiger partial charge on any atom is -0.473 e. The van der Waals surface area contributed by atoms with Gasteiger partial charge in [-0.3, -0.25) is 24.1 Å². The summed E-state index contributed by atoms with van der Waals surface area (Å²) in [5.74, 6) is -2.19. The van der Waals surface area contributed by atoms with E-state index in [1.807, 2.05) is 9.80 Å². The molecular weight excluding hydrogens is 1170 g/mol. The van der Waals surface area contributed by atoms with Gasteiger partial charge in [0.05, 0.1) is 124 Å². The molecule has 90 heavy (non-hydrogen) atoms. The molecule has 26 heteroatoms. The molecule has 2 aromatic heterocycles. The minimum atomic E-state index is -1.31. The number of aryl methyl sites for hydroxylation is 1. The van der Waals surface area contributed by atoms with E-state index < -0.39 is 29.2 Å². The molecule has 1 saturated carbocycles. The molecule has 5 fully saturated rings. The van der Waals surface area contributed by atoms with Gasteiger partial charge in [-0.25, -0.2) is 17.9 Å². The number of hydrogen-bond acceptors (Lipinski definition) is 18. The van der Waals surface area contributed by atoms with Crippen molar-refractivity contribution in [3.05, 3.63) is 71.7 Å². The Morgan fingerprint density at radius 1 is 0.689 bits per heavy atom. The van der Waals surface area contributed by atoms with Crippen LogP contribution in [0.25, 0.3) is 0 Å². The molecule has 3 aromatic rings. The third kappa shape index (κ3) is 19.8. The maximum atomic E-state index is 14.2. The molecule has 0 radical (unpaired) electrons. The van der Waals surface area contributed by atoms with E-state index in [1.165, 1.54) is 18.7 Å². The number of esters is 1. The van der Waals surface area contributed by atoms with Crippen molar-refractivity contribution in [3.63, 3.8) is 0 Å². The van der Waals surface area contributed by atoms with Crippen LogP contribution in [-0.4, -0.2) is 218 Å². The molecule has 1 N–H and O–H groups in total. The molecule has 23 nitrogen and oxygen atoms in total. The summed E-state index contributed by atoms with van der Waals surface area (Å²) < 4.78 is 93.4. The second-order valence-corrected chi connectivity index (χ2v) is 24.8. The lowest BCUT2D eigenvalue weighted by atomic mass is 9.57. The lowest BCUT2D eigenvalue weighted by Crippen LogP contribution is -2.51. The van der Waals surface area contributed by atoms with Gasteiger partial charge in [-0.1, -0.05) is 41.5 Å². The number of nitrogens with one attached hydrogen (secondary N) is 1. The van der Waals surface area contributed by atoms with Crippen molar-refractivity contribution in [2.24, 2.45) is 23.2 Å². The second kappa shape index (κ2) is 34.7. The van der Waals surface area contributed by atoms with Crippen molar-refractivity contribution in [3.8, 4) is 11.6 Å². The Bertz CT molecular complexity index is 2790. The lowest BCUT2D eigenvalue weighted by Gasteiger charge is -2.52. The standard InChI is InChI=1S/C64H93F3N10O13/c1-45-7-4-5-9-54(45)57(12-18-76-51-10-11-52(76)40-53(39-51)77-46(2)69-71-62(77)49-41-64(42-49)15-19-73(20-16-64)47(3)78)68-63(81)48-8-6-17-74(43-48)59(79)13-22-82-25-28-85-33-34-88-35-36-89-58-44-75(72-70-58)21-24-84-27-30-87-32-31-86-29-26-83-23-14-60(80)90-61-55(66)37-50(65)38-56(61)67/h4-5,7,9,37-38,44-45,48-49,51-54,57H,6,8,10-36,39-43H2,1-3H3,(H,68,81)/t45?,48?,51?,52?,53?,54?,57-/m0/s1. The van der Waals surface area contributed by atoms with E-state index in [1.54, 1.807) is 17.8 Å². The fraction of sp³-hybridized carbons (Fsp3) is 0.719. The van der Waals surface area contributed by atoms with Crippen LogP contribution in [0, 0.1) is 47.5 Å². The summed E-state index contributed by atoms with van der Waals surface area (Å²) in [4.78, 5) is 58.0. The lowest BCUT2D eigenvalue weighted by molar-refractivity contribution is -0.137. The Labute approximate surface area is 525 Å². The van der Waals surface area contributed by atoms with Gasteiger partial charge < -0.3 is 62.3 Å². The number of nitrogens with zero attached hydrogens (tertiary/aromatic N) is 9. The smallest absolute Gasteiger partial charge is 0.313 e. The highest BCUT2D eigenvalue weighted by Crippen LogP contribution is 2.57. The topological polar surface area (TPSA) is 235 Å². The van der Waals surface area contributed by atoms with E-state index in [0.29, 0.717) is 139 Å². The first-order valence-corrected chi connectivity index (χ1v) is 32.5. The van der Waals surface area contributed by atoms with Crippen LogP contribution in [0.5, 0.6) is 11.6 Å². The molecule has 5 unspecified atom stereocenters. The first-order chi connectivity index (χ1) is 43.7. The highest BCUT2D eigenvalue weighted by Gasteiger charge is 2.50. The number of benzene rings is 1. The van der Waals surface area contributed by atoms with Gasteiger partial charge in [0.15, 0.2) is 11.6 Å². The van der Waals surface area contributed by atoms with Gasteiger partial charge in [0.2, 0.25) is 23.5 Å². The van der Waals surface area contributed by atoms with E-state index >= 15 is 0 Å². The minimum absolute atomic E-state index is 0.00275. The van der Waals surface area contributed by atoms with Crippen molar-refractivity contribution >= 4 is 23.7 Å². The number of carbonyl (C=O) groups is 4. The number of ether oxygens (including phenoxy) is 9. The number of amides is 3. The van der Waals surface area contributed by atoms with E-state index in [2.05, 4.69) is 73.1 Å². The molecule has 2 aliphatic carbocycles. The van der Waals surface area contributed by atoms with Crippen LogP contribution in [0.1, 0.15) is 121 Å². The van der Waals surface area contributed by atoms with E-state index in [4.69, 9.17) is 43.0 Å². The molecule has 6 heterocycles. The van der Waals surface area contributed by atoms with Crippen LogP contribution in [0.2, 0.25) is 0 Å². The van der Waals surface area contributed by atoms with Crippen LogP contribution in [-0.2, 0) is 58.9 Å². The molecule has 1 spiro atoms. The molecule has 4 aliphatic heterocycles. The zero-order chi connectivity index (χ0) is 63.2. The third-order valence-corrected chi connectivity index (χ3v) is 18.6. The number of allylic oxidation sites excluding steroid dienone is 3. The van der Waals surface area contributed by atoms with Crippen LogP contribution in [0.4, 0.5) is 13.2 Å². The average molecular weight is 1270 g/mol. The molecule has 3 amide bonds. The van der Waals surface area contributed by atoms with Crippen LogP contribution >= 0.6 is 0 Å². The van der Waals surface area contributed by atoms with E-state index in [-0.39, 0.29) is 81.5 Å². The first-order valence-electron chi connectivity index (χ1n) is 32.5. The Morgan fingerprint density at radius 2 is 1.29 bits per heavy atom. The molecule has 1 aromatic carbocycles. The fourth-order valence-corrected chi connectivity index (χ4v) is 13.8. The van der Waals surface area contributed by atoms with Gasteiger partial charge in [-0.15, -0.1) is 10.2 Å². The van der Waals surface area contributed by atoms with Gasteiger partial charge in [0.1, 0.15) is 24.1 Å². The summed E-state index contributed by atoms with van der Waals surface area (Å²) in [7, 11) is 0. The summed E-state index contributed by atoms with van der Waals surface area (Å²) in [6, 6.07) is 2.18. The number of aromatic nitrogens is 6. The van der Waals surface area contributed by atoms with Crippen molar-refractivity contribution in [1.29, 1.82) is 0 Å². The number of fused-ring (bicyclic) bond motifs is 2. The molecule has 9 rings (SSSR count). The Balaban J connectivity index is 0.565. The highest BCUT2D eigenvalue weighted by atomic mass is 19.1. The molecule has 6 atom stereocenters. The van der Waals surface area contributed by atoms with Crippen LogP contribution in [0.3, 0.4) is 0 Å². The summed E-state index contributed by atoms with van der Waals surface area (Å²) in [6.45, 7) is 14.7. The van der Waals surface area contributed by atoms with E-state index in [9.17, 15) is 32.3 Å². The van der Waals surface area contributed by atoms with Crippen molar-refractivity contribution in [2.75, 3.05) is 132 Å². The van der Waals surface area contributed by atoms with Gasteiger partial charge in [0, 0.05) is 87.8 Å². The summed E-state index contributed by atoms with van der Waals surface area (Å²) in [5, 5.41) is 21.1. The molecular formula is C64H93F3N10O13. The quantitative estimate of drug-likeness (QED) is 0.0377. The van der Waals surface area contributed by atoms with Crippen molar-refractivity contribution < 1.29 is 75.0 Å². The first kappa shape index (κ1) is 68.5. The predicted molar refractivity (Wildman–Crippen MR) is 322 cm³/mol. The normalized spacial score (nSPS) is 22.7. The van der Waals surface area contributed by atoms with Gasteiger partial charge >= 0.3 is 5.97 Å². The largest absolute Gasteiger partial charge is 0.473 e. The van der Waals surface area contributed by atoms with E-state index in [0.717, 1.165) is 83.2 Å². The number of hydrogen-bond donors (Lipinski definition) is 1. The molecule has 6 aliphatic rings. The van der Waals surface area contributed by atoms with Crippen molar-refractivity contribution in [2.45, 2.75) is 141 Å². The summed E-state index contributed by atoms with van der Waals surface area (Å²) >= 11 is 0. The number of halogens is 3. The fourth-order valence-electron chi connectivity index (χ4n) is 13.8. The number of likely N-dealkylation sites (tertiary alicyclic amines) is 2. The van der Waals surface area contributed by atoms with Gasteiger partial charge in [-0.2, -0.15) is 0 Å². The molecule has 4 saturated heterocycles. The maximum absolute atomic E-state index is 14.2. The Morgan fingerprint density at radius 3 is 1.92 bits per heavy atom. The van der Waals surface area contributed by atoms with Crippen molar-refractivity contribution in [1.82, 2.24) is 49.8 Å². The average Bonchev–Trinajstić information content (AvgIpc) is 1.43. The number of piperidine rings is 3. The summed E-state index contributed by atoms with van der Waals surface area (Å²) in [5.41, 5.74) is 0.335. The third-order valence-electron chi connectivity index (χ3n) is 18.6. The SMILES string of the molecule is CC(=O)N1CCC2(CC1)CC(c1nnc(C)n1C1CC3CCC(C1)N3CC[C@H](NC(=O)C1CCCN(C(=O)CCOCCOCCOCCOc3cn(CCOCCOCCOCCOCCC(=O)Oc4c(F)cc(F)cc4F)nn3)C1)C1C=CC=CC1C)C2. The highest BCUT2D eigenvalue weighted by molar-refractivity contribution is 5.81. The Hall–Kier alpha value is -5.87. The Kier molecular flexibility index (Phi) is 26.4. The van der Waals surface area contributed by atoms with Gasteiger partial charge in [0.25, 0.3) is 5.88 Å². The molecule has 2 bridgehead atoms. The zero-order valence-corrected chi connectivity index (χ0v) is 52.7. The monoisotopic (exact) mass is 1270 g/mol. The molecule has 498 valence electrons. The zero-order valence-electron chi connectivity index (χ0n) is 52.7. The summed E-state index contributed by atoms with van der Waals surface area (Å²) in [6.07, 6.45) is 21.8. The maximum Gasteiger partial charge on any atom is 0.313 e. The number of carbonyl (C=O) groups excluding carboxylic acids is 4. The number of rotatable bonds is 37. The van der Waals surface area contributed by atoms with Gasteiger partial charge in [-0.05, 0) is 88.9 Å². The van der Waals surface area contributed by atoms with Crippen LogP contribution in [0.15, 0.2) is 42.6 Å².